The molecule has 20 heavy (non-hydrogen) atoms. The van der Waals surface area contributed by atoms with E-state index < -0.39 is 5.54 Å². The molecule has 2 amide bonds. The minimum absolute atomic E-state index is 0. The second-order valence-electron chi connectivity index (χ2n) is 6.32. The quantitative estimate of drug-likeness (QED) is 0.801. The van der Waals surface area contributed by atoms with Gasteiger partial charge in [0.05, 0.1) is 5.92 Å². The summed E-state index contributed by atoms with van der Waals surface area (Å²) < 4.78 is 0. The van der Waals surface area contributed by atoms with E-state index in [9.17, 15) is 9.59 Å². The van der Waals surface area contributed by atoms with Crippen LogP contribution in [-0.4, -0.2) is 41.9 Å². The highest BCUT2D eigenvalue weighted by atomic mass is 35.5. The third kappa shape index (κ3) is 3.85. The predicted octanol–water partition coefficient (Wildman–Crippen LogP) is 1.05. The van der Waals surface area contributed by atoms with Gasteiger partial charge in [-0.3, -0.25) is 9.59 Å². The Labute approximate surface area is 127 Å². The highest BCUT2D eigenvalue weighted by Gasteiger charge is 2.38. The average Bonchev–Trinajstić information content (AvgIpc) is 2.33. The smallest absolute Gasteiger partial charge is 0.225 e. The van der Waals surface area contributed by atoms with Crippen LogP contribution in [0.1, 0.15) is 45.4 Å². The molecular formula is C14H26ClN3O2. The molecule has 6 heteroatoms. The molecule has 0 radical (unpaired) electrons. The number of nitrogens with zero attached hydrogens (tertiary/aromatic N) is 1. The number of rotatable bonds is 2. The summed E-state index contributed by atoms with van der Waals surface area (Å²) in [6, 6.07) is 0.0768. The van der Waals surface area contributed by atoms with Crippen molar-refractivity contribution in [2.45, 2.75) is 57.0 Å². The number of nitrogens with two attached hydrogens (primary N) is 1. The Balaban J connectivity index is 0.00000200. The molecule has 2 fully saturated rings. The number of likely N-dealkylation sites (tertiary alicyclic amines) is 1. The zero-order valence-corrected chi connectivity index (χ0v) is 13.2. The van der Waals surface area contributed by atoms with Crippen molar-refractivity contribution in [2.75, 3.05) is 13.6 Å². The van der Waals surface area contributed by atoms with Crippen molar-refractivity contribution in [1.29, 1.82) is 0 Å². The molecule has 1 heterocycles. The molecule has 1 aliphatic carbocycles. The van der Waals surface area contributed by atoms with E-state index in [0.29, 0.717) is 13.0 Å². The number of likely N-dealkylation sites (N-methyl/N-ethyl adjacent to an activating group) is 1. The summed E-state index contributed by atoms with van der Waals surface area (Å²) in [4.78, 5) is 25.5. The Morgan fingerprint density at radius 1 is 1.40 bits per heavy atom. The van der Waals surface area contributed by atoms with E-state index >= 15 is 0 Å². The molecule has 3 unspecified atom stereocenters. The zero-order chi connectivity index (χ0) is 14.0. The topological polar surface area (TPSA) is 75.4 Å². The van der Waals surface area contributed by atoms with Crippen molar-refractivity contribution in [3.05, 3.63) is 0 Å². The maximum Gasteiger partial charge on any atom is 0.225 e. The van der Waals surface area contributed by atoms with E-state index in [1.807, 2.05) is 6.92 Å². The number of hydrogen-bond donors (Lipinski definition) is 2. The molecule has 3 atom stereocenters. The molecule has 0 aromatic rings. The fourth-order valence-corrected chi connectivity index (χ4v) is 3.22. The van der Waals surface area contributed by atoms with Gasteiger partial charge in [0.25, 0.3) is 0 Å². The second-order valence-corrected chi connectivity index (χ2v) is 6.32. The van der Waals surface area contributed by atoms with Gasteiger partial charge in [0, 0.05) is 31.6 Å². The van der Waals surface area contributed by atoms with Gasteiger partial charge in [-0.1, -0.05) is 12.8 Å². The predicted molar refractivity (Wildman–Crippen MR) is 80.6 cm³/mol. The highest BCUT2D eigenvalue weighted by Crippen LogP contribution is 2.31. The first kappa shape index (κ1) is 17.2. The summed E-state index contributed by atoms with van der Waals surface area (Å²) >= 11 is 0. The van der Waals surface area contributed by atoms with Crippen LogP contribution in [0.4, 0.5) is 0 Å². The van der Waals surface area contributed by atoms with Gasteiger partial charge in [-0.15, -0.1) is 12.4 Å². The summed E-state index contributed by atoms with van der Waals surface area (Å²) in [5.74, 6) is 0.133. The van der Waals surface area contributed by atoms with E-state index in [1.165, 1.54) is 0 Å². The first-order valence-corrected chi connectivity index (χ1v) is 7.23. The van der Waals surface area contributed by atoms with Crippen LogP contribution in [0.3, 0.4) is 0 Å². The monoisotopic (exact) mass is 303 g/mol. The number of piperidine rings is 1. The Kier molecular flexibility index (Phi) is 5.83. The molecule has 2 rings (SSSR count). The molecule has 116 valence electrons. The summed E-state index contributed by atoms with van der Waals surface area (Å²) in [6.45, 7) is 2.59. The van der Waals surface area contributed by atoms with Crippen LogP contribution in [0.25, 0.3) is 0 Å². The fourth-order valence-electron chi connectivity index (χ4n) is 3.22. The minimum Gasteiger partial charge on any atom is -0.351 e. The third-order valence-corrected chi connectivity index (χ3v) is 4.54. The third-order valence-electron chi connectivity index (χ3n) is 4.54. The van der Waals surface area contributed by atoms with E-state index in [4.69, 9.17) is 5.73 Å². The number of amides is 2. The van der Waals surface area contributed by atoms with E-state index in [-0.39, 0.29) is 36.2 Å². The molecule has 1 saturated heterocycles. The summed E-state index contributed by atoms with van der Waals surface area (Å²) in [7, 11) is 1.79. The van der Waals surface area contributed by atoms with E-state index in [0.717, 1.165) is 32.1 Å². The summed E-state index contributed by atoms with van der Waals surface area (Å²) in [5.41, 5.74) is 5.86. The molecule has 0 bridgehead atoms. The minimum atomic E-state index is -0.390. The van der Waals surface area contributed by atoms with Gasteiger partial charge in [0.15, 0.2) is 0 Å². The Bertz CT molecular complexity index is 373. The molecule has 5 nitrogen and oxygen atoms in total. The zero-order valence-electron chi connectivity index (χ0n) is 12.4. The van der Waals surface area contributed by atoms with Crippen LogP contribution < -0.4 is 11.1 Å². The van der Waals surface area contributed by atoms with E-state index in [1.54, 1.807) is 11.9 Å². The van der Waals surface area contributed by atoms with Crippen LogP contribution in [0.15, 0.2) is 0 Å². The lowest BCUT2D eigenvalue weighted by Crippen LogP contribution is -2.56. The number of carbonyl (C=O) groups is 2. The van der Waals surface area contributed by atoms with Crippen molar-refractivity contribution in [2.24, 2.45) is 11.7 Å². The number of hydrogen-bond acceptors (Lipinski definition) is 3. The van der Waals surface area contributed by atoms with Crippen LogP contribution in [0.5, 0.6) is 0 Å². The molecule has 3 N–H and O–H groups in total. The van der Waals surface area contributed by atoms with E-state index in [2.05, 4.69) is 5.32 Å². The Hall–Kier alpha value is -0.810. The van der Waals surface area contributed by atoms with Crippen LogP contribution >= 0.6 is 12.4 Å². The molecular weight excluding hydrogens is 278 g/mol. The maximum atomic E-state index is 12.4. The lowest BCUT2D eigenvalue weighted by Gasteiger charge is -2.39. The van der Waals surface area contributed by atoms with Gasteiger partial charge in [-0.05, 0) is 26.2 Å². The van der Waals surface area contributed by atoms with Crippen LogP contribution in [0.2, 0.25) is 0 Å². The lowest BCUT2D eigenvalue weighted by atomic mass is 9.74. The van der Waals surface area contributed by atoms with Crippen molar-refractivity contribution in [1.82, 2.24) is 10.2 Å². The standard InChI is InChI=1S/C14H25N3O2.ClH/c1-14(15)8-4-3-5-11(14)13(19)16-10-6-7-12(18)17(2)9-10;/h10-11H,3-9,15H2,1-2H3,(H,16,19);1H. The molecule has 0 aromatic carbocycles. The largest absolute Gasteiger partial charge is 0.351 e. The average molecular weight is 304 g/mol. The molecule has 0 aromatic heterocycles. The molecule has 1 saturated carbocycles. The Morgan fingerprint density at radius 2 is 2.10 bits per heavy atom. The number of nitrogens with one attached hydrogen (secondary N) is 1. The number of carbonyl (C=O) groups excluding carboxylic acids is 2. The van der Waals surface area contributed by atoms with Crippen LogP contribution in [-0.2, 0) is 9.59 Å². The van der Waals surface area contributed by atoms with Gasteiger partial charge < -0.3 is 16.0 Å². The van der Waals surface area contributed by atoms with Gasteiger partial charge in [0.1, 0.15) is 0 Å². The summed E-state index contributed by atoms with van der Waals surface area (Å²) in [5, 5.41) is 3.08. The van der Waals surface area contributed by atoms with Gasteiger partial charge in [0.2, 0.25) is 11.8 Å². The highest BCUT2D eigenvalue weighted by molar-refractivity contribution is 5.85. The second kappa shape index (κ2) is 6.76. The van der Waals surface area contributed by atoms with Crippen molar-refractivity contribution in [3.63, 3.8) is 0 Å². The number of halogens is 1. The van der Waals surface area contributed by atoms with Gasteiger partial charge >= 0.3 is 0 Å². The van der Waals surface area contributed by atoms with Gasteiger partial charge in [-0.2, -0.15) is 0 Å². The SMILES string of the molecule is CN1CC(NC(=O)C2CCCCC2(C)N)CCC1=O.Cl. The molecule has 1 aliphatic heterocycles. The normalized spacial score (nSPS) is 34.4. The van der Waals surface area contributed by atoms with Crippen molar-refractivity contribution in [3.8, 4) is 0 Å². The Morgan fingerprint density at radius 3 is 2.70 bits per heavy atom. The van der Waals surface area contributed by atoms with Crippen LogP contribution in [0, 0.1) is 5.92 Å². The summed E-state index contributed by atoms with van der Waals surface area (Å²) in [6.07, 6.45) is 5.23. The van der Waals surface area contributed by atoms with Crippen molar-refractivity contribution < 1.29 is 9.59 Å². The first-order valence-electron chi connectivity index (χ1n) is 7.23. The van der Waals surface area contributed by atoms with Crippen molar-refractivity contribution >= 4 is 24.2 Å². The molecule has 2 aliphatic rings. The molecule has 0 spiro atoms. The van der Waals surface area contributed by atoms with Gasteiger partial charge in [-0.25, -0.2) is 0 Å². The fraction of sp³-hybridized carbons (Fsp3) is 0.857. The maximum absolute atomic E-state index is 12.4. The lowest BCUT2D eigenvalue weighted by molar-refractivity contribution is -0.135. The first-order chi connectivity index (χ1) is 8.90.